The lowest BCUT2D eigenvalue weighted by atomic mass is 10.0. The number of ether oxygens (including phenoxy) is 1. The summed E-state index contributed by atoms with van der Waals surface area (Å²) in [5, 5.41) is 8.24. The van der Waals surface area contributed by atoms with Gasteiger partial charge in [-0.1, -0.05) is 6.07 Å². The molecule has 0 radical (unpaired) electrons. The van der Waals surface area contributed by atoms with E-state index in [1.165, 1.54) is 31.5 Å². The molecule has 5 heteroatoms. The molecule has 1 N–H and O–H groups in total. The van der Waals surface area contributed by atoms with E-state index in [4.69, 9.17) is 4.74 Å². The molecule has 1 aromatic carbocycles. The summed E-state index contributed by atoms with van der Waals surface area (Å²) in [6.45, 7) is 4.56. The Balaban J connectivity index is 1.66. The number of benzene rings is 1. The average molecular weight is 314 g/mol. The van der Waals surface area contributed by atoms with Crippen LogP contribution in [0.25, 0.3) is 5.69 Å². The highest BCUT2D eigenvalue weighted by Gasteiger charge is 2.19. The highest BCUT2D eigenvalue weighted by Crippen LogP contribution is 2.20. The van der Waals surface area contributed by atoms with Gasteiger partial charge in [0.25, 0.3) is 0 Å². The van der Waals surface area contributed by atoms with Crippen molar-refractivity contribution in [3.8, 4) is 11.4 Å². The number of nitrogens with one attached hydrogen (secondary N) is 1. The van der Waals surface area contributed by atoms with Gasteiger partial charge in [0.2, 0.25) is 0 Å². The predicted octanol–water partition coefficient (Wildman–Crippen LogP) is 2.63. The summed E-state index contributed by atoms with van der Waals surface area (Å²) in [6, 6.07) is 8.86. The number of likely N-dealkylation sites (tertiary alicyclic amines) is 1. The minimum atomic E-state index is 0.308. The number of aromatic nitrogens is 2. The number of methoxy groups -OCH3 is 1. The third-order valence-corrected chi connectivity index (χ3v) is 4.62. The zero-order valence-electron chi connectivity index (χ0n) is 14.2. The second-order valence-corrected chi connectivity index (χ2v) is 6.39. The molecule has 124 valence electrons. The van der Waals surface area contributed by atoms with Gasteiger partial charge in [-0.2, -0.15) is 5.10 Å². The molecule has 2 heterocycles. The third-order valence-electron chi connectivity index (χ3n) is 4.62. The van der Waals surface area contributed by atoms with Gasteiger partial charge in [-0.3, -0.25) is 0 Å². The molecule has 0 aliphatic carbocycles. The van der Waals surface area contributed by atoms with E-state index < -0.39 is 0 Å². The van der Waals surface area contributed by atoms with Crippen molar-refractivity contribution < 1.29 is 4.74 Å². The van der Waals surface area contributed by atoms with Crippen LogP contribution in [0.15, 0.2) is 36.7 Å². The van der Waals surface area contributed by atoms with Crippen molar-refractivity contribution >= 4 is 0 Å². The van der Waals surface area contributed by atoms with E-state index in [1.54, 1.807) is 7.11 Å². The quantitative estimate of drug-likeness (QED) is 0.921. The molecule has 1 aliphatic heterocycles. The Bertz CT molecular complexity index is 631. The molecule has 1 fully saturated rings. The van der Waals surface area contributed by atoms with Gasteiger partial charge in [-0.25, -0.2) is 4.68 Å². The largest absolute Gasteiger partial charge is 0.497 e. The molecule has 1 aliphatic rings. The van der Waals surface area contributed by atoms with Gasteiger partial charge in [0.1, 0.15) is 5.75 Å². The monoisotopic (exact) mass is 314 g/mol. The van der Waals surface area contributed by atoms with E-state index in [0.29, 0.717) is 12.1 Å². The summed E-state index contributed by atoms with van der Waals surface area (Å²) in [7, 11) is 3.87. The fourth-order valence-electron chi connectivity index (χ4n) is 3.08. The van der Waals surface area contributed by atoms with Crippen molar-refractivity contribution in [1.82, 2.24) is 20.0 Å². The zero-order chi connectivity index (χ0) is 16.2. The first-order valence-corrected chi connectivity index (χ1v) is 8.29. The summed E-state index contributed by atoms with van der Waals surface area (Å²) < 4.78 is 7.19. The van der Waals surface area contributed by atoms with Crippen molar-refractivity contribution in [1.29, 1.82) is 0 Å². The molecule has 2 aromatic rings. The van der Waals surface area contributed by atoms with E-state index in [-0.39, 0.29) is 0 Å². The van der Waals surface area contributed by atoms with E-state index >= 15 is 0 Å². The van der Waals surface area contributed by atoms with Crippen LogP contribution in [0.4, 0.5) is 0 Å². The van der Waals surface area contributed by atoms with Gasteiger partial charge in [0.05, 0.1) is 19.0 Å². The Morgan fingerprint density at radius 3 is 2.83 bits per heavy atom. The number of nitrogens with zero attached hydrogens (tertiary/aromatic N) is 3. The first-order chi connectivity index (χ1) is 11.2. The molecule has 0 saturated carbocycles. The van der Waals surface area contributed by atoms with Gasteiger partial charge in [0, 0.05) is 29.9 Å². The van der Waals surface area contributed by atoms with Crippen LogP contribution in [0, 0.1) is 0 Å². The maximum absolute atomic E-state index is 5.28. The van der Waals surface area contributed by atoms with Crippen molar-refractivity contribution in [3.63, 3.8) is 0 Å². The Labute approximate surface area is 138 Å². The Morgan fingerprint density at radius 2 is 2.09 bits per heavy atom. The third kappa shape index (κ3) is 3.92. The molecule has 5 nitrogen and oxygen atoms in total. The lowest BCUT2D eigenvalue weighted by molar-refractivity contribution is 0.226. The summed E-state index contributed by atoms with van der Waals surface area (Å²) in [5.74, 6) is 0.844. The summed E-state index contributed by atoms with van der Waals surface area (Å²) >= 11 is 0. The number of hydrogen-bond donors (Lipinski definition) is 1. The van der Waals surface area contributed by atoms with Gasteiger partial charge in [-0.15, -0.1) is 0 Å². The van der Waals surface area contributed by atoms with Crippen LogP contribution in [0.3, 0.4) is 0 Å². The van der Waals surface area contributed by atoms with E-state index in [2.05, 4.69) is 35.5 Å². The molecule has 0 spiro atoms. The predicted molar refractivity (Wildman–Crippen MR) is 92.2 cm³/mol. The molecule has 3 rings (SSSR count). The second kappa shape index (κ2) is 7.15. The summed E-state index contributed by atoms with van der Waals surface area (Å²) in [4.78, 5) is 2.39. The molecule has 1 saturated heterocycles. The van der Waals surface area contributed by atoms with Crippen molar-refractivity contribution in [2.45, 2.75) is 31.8 Å². The highest BCUT2D eigenvalue weighted by atomic mass is 16.5. The smallest absolute Gasteiger partial charge is 0.121 e. The van der Waals surface area contributed by atoms with Crippen molar-refractivity contribution in [2.24, 2.45) is 0 Å². The number of hydrogen-bond acceptors (Lipinski definition) is 4. The van der Waals surface area contributed by atoms with Crippen LogP contribution in [0.5, 0.6) is 5.75 Å². The van der Waals surface area contributed by atoms with E-state index in [1.807, 2.05) is 35.1 Å². The normalized spacial score (nSPS) is 18.0. The van der Waals surface area contributed by atoms with Crippen LogP contribution in [-0.4, -0.2) is 48.0 Å². The standard InChI is InChI=1S/C18H26N4O/c1-14(20-16-7-9-21(2)10-8-16)15-12-19-22(13-15)17-5-4-6-18(11-17)23-3/h4-6,11-14,16,20H,7-10H2,1-3H3/t14-/m0/s1. The van der Waals surface area contributed by atoms with Crippen LogP contribution in [-0.2, 0) is 0 Å². The highest BCUT2D eigenvalue weighted by molar-refractivity contribution is 5.39. The molecule has 1 atom stereocenters. The van der Waals surface area contributed by atoms with Gasteiger partial charge in [-0.05, 0) is 52.0 Å². The molecule has 1 aromatic heterocycles. The van der Waals surface area contributed by atoms with Crippen molar-refractivity contribution in [2.75, 3.05) is 27.2 Å². The van der Waals surface area contributed by atoms with Gasteiger partial charge >= 0.3 is 0 Å². The van der Waals surface area contributed by atoms with Crippen LogP contribution < -0.4 is 10.1 Å². The first-order valence-electron chi connectivity index (χ1n) is 8.29. The number of rotatable bonds is 5. The molecular formula is C18H26N4O. The molecule has 0 unspecified atom stereocenters. The Kier molecular flexibility index (Phi) is 4.98. The Hall–Kier alpha value is -1.85. The fraction of sp³-hybridized carbons (Fsp3) is 0.500. The lowest BCUT2D eigenvalue weighted by Gasteiger charge is -2.31. The summed E-state index contributed by atoms with van der Waals surface area (Å²) in [6.07, 6.45) is 6.48. The van der Waals surface area contributed by atoms with Crippen LogP contribution in [0.2, 0.25) is 0 Å². The van der Waals surface area contributed by atoms with E-state index in [9.17, 15) is 0 Å². The van der Waals surface area contributed by atoms with Crippen LogP contribution in [0.1, 0.15) is 31.4 Å². The van der Waals surface area contributed by atoms with Gasteiger partial charge < -0.3 is 15.0 Å². The van der Waals surface area contributed by atoms with Crippen molar-refractivity contribution in [3.05, 3.63) is 42.2 Å². The second-order valence-electron chi connectivity index (χ2n) is 6.39. The summed E-state index contributed by atoms with van der Waals surface area (Å²) in [5.41, 5.74) is 2.23. The first kappa shape index (κ1) is 16.0. The zero-order valence-corrected chi connectivity index (χ0v) is 14.2. The maximum Gasteiger partial charge on any atom is 0.121 e. The average Bonchev–Trinajstić information content (AvgIpc) is 3.07. The SMILES string of the molecule is COc1cccc(-n2cc([C@H](C)NC3CCN(C)CC3)cn2)c1. The van der Waals surface area contributed by atoms with E-state index in [0.717, 1.165) is 11.4 Å². The minimum Gasteiger partial charge on any atom is -0.497 e. The van der Waals surface area contributed by atoms with Crippen LogP contribution >= 0.6 is 0 Å². The number of piperidine rings is 1. The molecular weight excluding hydrogens is 288 g/mol. The maximum atomic E-state index is 5.28. The Morgan fingerprint density at radius 1 is 1.30 bits per heavy atom. The molecule has 0 bridgehead atoms. The minimum absolute atomic E-state index is 0.308. The van der Waals surface area contributed by atoms with Gasteiger partial charge in [0.15, 0.2) is 0 Å². The fourth-order valence-corrected chi connectivity index (χ4v) is 3.08. The lowest BCUT2D eigenvalue weighted by Crippen LogP contribution is -2.41. The molecule has 23 heavy (non-hydrogen) atoms. The molecule has 0 amide bonds. The topological polar surface area (TPSA) is 42.3 Å².